The number of aryl methyl sites for hydroxylation is 1. The van der Waals surface area contributed by atoms with Gasteiger partial charge in [0.15, 0.2) is 0 Å². The first-order valence-corrected chi connectivity index (χ1v) is 5.50. The van der Waals surface area contributed by atoms with Crippen LogP contribution in [-0.2, 0) is 5.60 Å². The van der Waals surface area contributed by atoms with Crippen LogP contribution in [0.3, 0.4) is 0 Å². The monoisotopic (exact) mass is 232 g/mol. The Bertz CT molecular complexity index is 588. The normalized spacial score (nSPS) is 11.8. The zero-order chi connectivity index (χ0) is 12.6. The Kier molecular flexibility index (Phi) is 2.67. The fourth-order valence-corrected chi connectivity index (χ4v) is 1.80. The molecule has 0 saturated carbocycles. The molecule has 0 unspecified atom stereocenters. The van der Waals surface area contributed by atoms with Crippen LogP contribution in [0, 0.1) is 6.92 Å². The third-order valence-corrected chi connectivity index (χ3v) is 2.77. The molecule has 1 aromatic heterocycles. The lowest BCUT2D eigenvalue weighted by atomic mass is 9.98. The zero-order valence-corrected chi connectivity index (χ0v) is 10.2. The fourth-order valence-electron chi connectivity index (χ4n) is 1.80. The molecule has 0 aliphatic rings. The molecule has 0 saturated heterocycles. The molecule has 0 aliphatic heterocycles. The molecule has 0 amide bonds. The van der Waals surface area contributed by atoms with Crippen molar-refractivity contribution in [1.29, 1.82) is 0 Å². The summed E-state index contributed by atoms with van der Waals surface area (Å²) >= 11 is 0. The van der Waals surface area contributed by atoms with Crippen LogP contribution in [0.25, 0.3) is 5.69 Å². The van der Waals surface area contributed by atoms with Gasteiger partial charge in [0.25, 0.3) is 0 Å². The molecule has 2 aromatic rings. The van der Waals surface area contributed by atoms with Crippen molar-refractivity contribution in [2.24, 2.45) is 0 Å². The summed E-state index contributed by atoms with van der Waals surface area (Å²) in [5.41, 5.74) is 1.29. The topological polar surface area (TPSA) is 58.0 Å². The molecule has 0 fully saturated rings. The van der Waals surface area contributed by atoms with Crippen molar-refractivity contribution in [2.45, 2.75) is 26.4 Å². The third-order valence-electron chi connectivity index (χ3n) is 2.77. The second kappa shape index (κ2) is 3.89. The number of rotatable bonds is 2. The predicted octanol–water partition coefficient (Wildman–Crippen LogP) is 1.70. The van der Waals surface area contributed by atoms with Gasteiger partial charge in [-0.05, 0) is 38.5 Å². The van der Waals surface area contributed by atoms with Crippen molar-refractivity contribution in [2.75, 3.05) is 0 Å². The van der Waals surface area contributed by atoms with Gasteiger partial charge >= 0.3 is 5.69 Å². The molecule has 4 heteroatoms. The fraction of sp³-hybridized carbons (Fsp3) is 0.308. The minimum absolute atomic E-state index is 0.171. The largest absolute Gasteiger partial charge is 0.386 e. The summed E-state index contributed by atoms with van der Waals surface area (Å²) in [6.45, 7) is 5.30. The van der Waals surface area contributed by atoms with Crippen LogP contribution in [0.5, 0.6) is 0 Å². The number of nitrogens with zero attached hydrogens (tertiary/aromatic N) is 1. The van der Waals surface area contributed by atoms with E-state index < -0.39 is 5.60 Å². The number of benzene rings is 1. The smallest absolute Gasteiger partial charge is 0.330 e. The Morgan fingerprint density at radius 2 is 2.06 bits per heavy atom. The van der Waals surface area contributed by atoms with Crippen LogP contribution in [-0.4, -0.2) is 14.7 Å². The van der Waals surface area contributed by atoms with Crippen molar-refractivity contribution in [3.8, 4) is 5.69 Å². The number of H-pyrrole nitrogens is 1. The minimum Gasteiger partial charge on any atom is -0.386 e. The minimum atomic E-state index is -0.913. The van der Waals surface area contributed by atoms with Crippen molar-refractivity contribution in [3.05, 3.63) is 52.2 Å². The van der Waals surface area contributed by atoms with E-state index in [1.807, 2.05) is 31.2 Å². The van der Waals surface area contributed by atoms with Gasteiger partial charge in [-0.1, -0.05) is 12.1 Å². The van der Waals surface area contributed by atoms with Gasteiger partial charge in [-0.15, -0.1) is 0 Å². The molecule has 0 aliphatic carbocycles. The summed E-state index contributed by atoms with van der Waals surface area (Å²) < 4.78 is 1.58. The second-order valence-corrected chi connectivity index (χ2v) is 4.68. The highest BCUT2D eigenvalue weighted by atomic mass is 16.3. The quantitative estimate of drug-likeness (QED) is 0.828. The molecule has 90 valence electrons. The predicted molar refractivity (Wildman–Crippen MR) is 66.4 cm³/mol. The summed E-state index contributed by atoms with van der Waals surface area (Å²) in [5, 5.41) is 9.95. The molecule has 2 N–H and O–H groups in total. The molecule has 1 heterocycles. The standard InChI is InChI=1S/C13H16N2O2/c1-9-8-14-12(16)15(9)11-6-4-5-10(7-11)13(2,3)17/h4-8,17H,1-3H3,(H,14,16). The van der Waals surface area contributed by atoms with E-state index in [0.29, 0.717) is 0 Å². The van der Waals surface area contributed by atoms with Crippen LogP contribution >= 0.6 is 0 Å². The van der Waals surface area contributed by atoms with Gasteiger partial charge in [0.05, 0.1) is 11.3 Å². The Morgan fingerprint density at radius 1 is 1.35 bits per heavy atom. The van der Waals surface area contributed by atoms with Gasteiger partial charge in [-0.3, -0.25) is 4.57 Å². The Hall–Kier alpha value is -1.81. The average molecular weight is 232 g/mol. The lowest BCUT2D eigenvalue weighted by Crippen LogP contribution is -2.19. The molecular formula is C13H16N2O2. The van der Waals surface area contributed by atoms with Crippen LogP contribution in [0.1, 0.15) is 25.1 Å². The Balaban J connectivity index is 2.59. The molecule has 0 spiro atoms. The molecule has 0 atom stereocenters. The number of aromatic nitrogens is 2. The number of imidazole rings is 1. The van der Waals surface area contributed by atoms with E-state index in [4.69, 9.17) is 0 Å². The first-order valence-electron chi connectivity index (χ1n) is 5.50. The van der Waals surface area contributed by atoms with E-state index in [-0.39, 0.29) is 5.69 Å². The zero-order valence-electron chi connectivity index (χ0n) is 10.2. The van der Waals surface area contributed by atoms with E-state index in [0.717, 1.165) is 16.9 Å². The van der Waals surface area contributed by atoms with Crippen molar-refractivity contribution in [1.82, 2.24) is 9.55 Å². The lowest BCUT2D eigenvalue weighted by molar-refractivity contribution is 0.0786. The number of aliphatic hydroxyl groups is 1. The highest BCUT2D eigenvalue weighted by Crippen LogP contribution is 2.21. The Labute approximate surface area is 99.5 Å². The number of aromatic amines is 1. The van der Waals surface area contributed by atoms with E-state index in [9.17, 15) is 9.90 Å². The summed E-state index contributed by atoms with van der Waals surface area (Å²) in [5.74, 6) is 0. The van der Waals surface area contributed by atoms with E-state index in [2.05, 4.69) is 4.98 Å². The van der Waals surface area contributed by atoms with Gasteiger partial charge in [0.1, 0.15) is 0 Å². The molecule has 0 radical (unpaired) electrons. The van der Waals surface area contributed by atoms with Crippen LogP contribution in [0.15, 0.2) is 35.3 Å². The summed E-state index contributed by atoms with van der Waals surface area (Å²) in [6, 6.07) is 7.35. The lowest BCUT2D eigenvalue weighted by Gasteiger charge is -2.18. The summed E-state index contributed by atoms with van der Waals surface area (Å²) in [6.07, 6.45) is 1.67. The highest BCUT2D eigenvalue weighted by molar-refractivity contribution is 5.39. The SMILES string of the molecule is Cc1c[nH]c(=O)n1-c1cccc(C(C)(C)O)c1. The van der Waals surface area contributed by atoms with Gasteiger partial charge in [-0.2, -0.15) is 0 Å². The molecular weight excluding hydrogens is 216 g/mol. The molecule has 1 aromatic carbocycles. The first-order chi connectivity index (χ1) is 7.89. The summed E-state index contributed by atoms with van der Waals surface area (Å²) in [4.78, 5) is 14.3. The van der Waals surface area contributed by atoms with Crippen molar-refractivity contribution >= 4 is 0 Å². The van der Waals surface area contributed by atoms with Gasteiger partial charge in [0, 0.05) is 11.9 Å². The van der Waals surface area contributed by atoms with Crippen LogP contribution in [0.4, 0.5) is 0 Å². The van der Waals surface area contributed by atoms with E-state index >= 15 is 0 Å². The van der Waals surface area contributed by atoms with Crippen LogP contribution < -0.4 is 5.69 Å². The molecule has 17 heavy (non-hydrogen) atoms. The second-order valence-electron chi connectivity index (χ2n) is 4.68. The van der Waals surface area contributed by atoms with Gasteiger partial charge in [0.2, 0.25) is 0 Å². The van der Waals surface area contributed by atoms with Gasteiger partial charge in [-0.25, -0.2) is 4.79 Å². The molecule has 0 bridgehead atoms. The van der Waals surface area contributed by atoms with E-state index in [1.165, 1.54) is 0 Å². The highest BCUT2D eigenvalue weighted by Gasteiger charge is 2.16. The van der Waals surface area contributed by atoms with Crippen LogP contribution in [0.2, 0.25) is 0 Å². The maximum absolute atomic E-state index is 11.6. The van der Waals surface area contributed by atoms with Gasteiger partial charge < -0.3 is 10.1 Å². The Morgan fingerprint density at radius 3 is 2.59 bits per heavy atom. The number of nitrogens with one attached hydrogen (secondary N) is 1. The summed E-state index contributed by atoms with van der Waals surface area (Å²) in [7, 11) is 0. The average Bonchev–Trinajstić information content (AvgIpc) is 2.57. The molecule has 2 rings (SSSR count). The first kappa shape index (κ1) is 11.7. The maximum atomic E-state index is 11.6. The molecule has 4 nitrogen and oxygen atoms in total. The number of hydrogen-bond donors (Lipinski definition) is 2. The third kappa shape index (κ3) is 2.17. The van der Waals surface area contributed by atoms with E-state index in [1.54, 1.807) is 24.6 Å². The maximum Gasteiger partial charge on any atom is 0.330 e. The number of hydrogen-bond acceptors (Lipinski definition) is 2. The van der Waals surface area contributed by atoms with Crippen molar-refractivity contribution < 1.29 is 5.11 Å². The van der Waals surface area contributed by atoms with Crippen molar-refractivity contribution in [3.63, 3.8) is 0 Å².